The zero-order valence-corrected chi connectivity index (χ0v) is 11.1. The Morgan fingerprint density at radius 2 is 1.88 bits per heavy atom. The first-order chi connectivity index (χ1) is 8.02. The predicted octanol–water partition coefficient (Wildman–Crippen LogP) is 1.58. The summed E-state index contributed by atoms with van der Waals surface area (Å²) in [6, 6.07) is 0.163. The molecule has 4 heteroatoms. The van der Waals surface area contributed by atoms with Gasteiger partial charge in [0.1, 0.15) is 6.61 Å². The molecular formula is C13H26N2O2. The van der Waals surface area contributed by atoms with Gasteiger partial charge < -0.3 is 15.8 Å². The molecule has 1 saturated carbocycles. The van der Waals surface area contributed by atoms with E-state index in [2.05, 4.69) is 5.32 Å². The molecule has 0 bridgehead atoms. The van der Waals surface area contributed by atoms with Gasteiger partial charge in [0.2, 0.25) is 5.91 Å². The van der Waals surface area contributed by atoms with E-state index in [9.17, 15) is 4.79 Å². The average Bonchev–Trinajstić information content (AvgIpc) is 2.42. The molecule has 17 heavy (non-hydrogen) atoms. The number of hydrogen-bond acceptors (Lipinski definition) is 3. The molecule has 0 heterocycles. The summed E-state index contributed by atoms with van der Waals surface area (Å²) in [6.45, 7) is 4.50. The van der Waals surface area contributed by atoms with Crippen LogP contribution >= 0.6 is 0 Å². The van der Waals surface area contributed by atoms with Crippen LogP contribution in [0.1, 0.15) is 52.4 Å². The van der Waals surface area contributed by atoms with Gasteiger partial charge in [-0.1, -0.05) is 25.7 Å². The monoisotopic (exact) mass is 242 g/mol. The lowest BCUT2D eigenvalue weighted by atomic mass is 9.93. The molecule has 0 unspecified atom stereocenters. The van der Waals surface area contributed by atoms with Crippen LogP contribution in [0, 0.1) is 0 Å². The molecule has 0 radical (unpaired) electrons. The third-order valence-electron chi connectivity index (χ3n) is 3.17. The number of ether oxygens (including phenoxy) is 1. The van der Waals surface area contributed by atoms with Crippen LogP contribution in [0.2, 0.25) is 0 Å². The molecule has 1 aliphatic rings. The van der Waals surface area contributed by atoms with Crippen LogP contribution < -0.4 is 11.1 Å². The van der Waals surface area contributed by atoms with E-state index in [1.807, 2.05) is 13.8 Å². The first-order valence-electron chi connectivity index (χ1n) is 6.68. The highest BCUT2D eigenvalue weighted by Gasteiger charge is 2.26. The standard InChI is InChI=1S/C13H26N2O2/c1-11(2)15-12(16)9-17-10-13(14)7-5-3-4-6-8-13/h11H,3-10,14H2,1-2H3,(H,15,16). The normalized spacial score (nSPS) is 20.0. The van der Waals surface area contributed by atoms with Crippen molar-refractivity contribution in [2.24, 2.45) is 5.73 Å². The summed E-state index contributed by atoms with van der Waals surface area (Å²) >= 11 is 0. The van der Waals surface area contributed by atoms with E-state index in [4.69, 9.17) is 10.5 Å². The Bertz CT molecular complexity index is 234. The molecule has 0 aromatic heterocycles. The van der Waals surface area contributed by atoms with Gasteiger partial charge in [-0.2, -0.15) is 0 Å². The molecule has 0 atom stereocenters. The highest BCUT2D eigenvalue weighted by molar-refractivity contribution is 5.77. The van der Waals surface area contributed by atoms with Gasteiger partial charge in [0.15, 0.2) is 0 Å². The van der Waals surface area contributed by atoms with Crippen molar-refractivity contribution in [2.75, 3.05) is 13.2 Å². The fraction of sp³-hybridized carbons (Fsp3) is 0.923. The largest absolute Gasteiger partial charge is 0.370 e. The first-order valence-corrected chi connectivity index (χ1v) is 6.68. The van der Waals surface area contributed by atoms with Gasteiger partial charge in [-0.25, -0.2) is 0 Å². The van der Waals surface area contributed by atoms with E-state index in [1.54, 1.807) is 0 Å². The Morgan fingerprint density at radius 3 is 2.41 bits per heavy atom. The van der Waals surface area contributed by atoms with Gasteiger partial charge >= 0.3 is 0 Å². The van der Waals surface area contributed by atoms with Crippen LogP contribution in [0.5, 0.6) is 0 Å². The van der Waals surface area contributed by atoms with E-state index in [0.29, 0.717) is 6.61 Å². The van der Waals surface area contributed by atoms with Crippen molar-refractivity contribution < 1.29 is 9.53 Å². The van der Waals surface area contributed by atoms with E-state index in [-0.39, 0.29) is 24.1 Å². The Hall–Kier alpha value is -0.610. The zero-order chi connectivity index (χ0) is 12.7. The van der Waals surface area contributed by atoms with Crippen molar-refractivity contribution in [1.29, 1.82) is 0 Å². The predicted molar refractivity (Wildman–Crippen MR) is 68.7 cm³/mol. The fourth-order valence-corrected chi connectivity index (χ4v) is 2.29. The Kier molecular flexibility index (Phi) is 5.92. The smallest absolute Gasteiger partial charge is 0.246 e. The van der Waals surface area contributed by atoms with Gasteiger partial charge in [-0.3, -0.25) is 4.79 Å². The number of amides is 1. The molecule has 0 aromatic carbocycles. The van der Waals surface area contributed by atoms with Crippen molar-refractivity contribution in [3.05, 3.63) is 0 Å². The van der Waals surface area contributed by atoms with Crippen LogP contribution in [0.4, 0.5) is 0 Å². The second kappa shape index (κ2) is 6.97. The lowest BCUT2D eigenvalue weighted by Gasteiger charge is -2.27. The van der Waals surface area contributed by atoms with E-state index in [1.165, 1.54) is 25.7 Å². The number of rotatable bonds is 5. The van der Waals surface area contributed by atoms with E-state index in [0.717, 1.165) is 12.8 Å². The molecule has 0 saturated heterocycles. The fourth-order valence-electron chi connectivity index (χ4n) is 2.29. The summed E-state index contributed by atoms with van der Waals surface area (Å²) in [4.78, 5) is 11.4. The average molecular weight is 242 g/mol. The van der Waals surface area contributed by atoms with Crippen molar-refractivity contribution in [3.8, 4) is 0 Å². The van der Waals surface area contributed by atoms with Crippen molar-refractivity contribution >= 4 is 5.91 Å². The summed E-state index contributed by atoms with van der Waals surface area (Å²) in [7, 11) is 0. The lowest BCUT2D eigenvalue weighted by Crippen LogP contribution is -2.45. The Balaban J connectivity index is 2.22. The Labute approximate surface area is 104 Å². The number of nitrogens with one attached hydrogen (secondary N) is 1. The highest BCUT2D eigenvalue weighted by Crippen LogP contribution is 2.25. The minimum atomic E-state index is -0.214. The molecule has 4 nitrogen and oxygen atoms in total. The number of carbonyl (C=O) groups excluding carboxylic acids is 1. The maximum atomic E-state index is 11.4. The van der Waals surface area contributed by atoms with Gasteiger partial charge in [0, 0.05) is 11.6 Å². The van der Waals surface area contributed by atoms with E-state index < -0.39 is 0 Å². The molecular weight excluding hydrogens is 216 g/mol. The summed E-state index contributed by atoms with van der Waals surface area (Å²) in [5.74, 6) is -0.0581. The van der Waals surface area contributed by atoms with Gasteiger partial charge in [-0.15, -0.1) is 0 Å². The van der Waals surface area contributed by atoms with Crippen molar-refractivity contribution in [1.82, 2.24) is 5.32 Å². The summed E-state index contributed by atoms with van der Waals surface area (Å²) in [5.41, 5.74) is 6.08. The third-order valence-corrected chi connectivity index (χ3v) is 3.17. The molecule has 1 amide bonds. The minimum absolute atomic E-state index is 0.0581. The minimum Gasteiger partial charge on any atom is -0.370 e. The van der Waals surface area contributed by atoms with Crippen LogP contribution in [-0.4, -0.2) is 30.7 Å². The van der Waals surface area contributed by atoms with Gasteiger partial charge in [0.25, 0.3) is 0 Å². The summed E-state index contributed by atoms with van der Waals surface area (Å²) in [5, 5.41) is 2.80. The molecule has 1 fully saturated rings. The van der Waals surface area contributed by atoms with Crippen molar-refractivity contribution in [2.45, 2.75) is 64.0 Å². The van der Waals surface area contributed by atoms with E-state index >= 15 is 0 Å². The topological polar surface area (TPSA) is 64.3 Å². The maximum Gasteiger partial charge on any atom is 0.246 e. The first kappa shape index (κ1) is 14.5. The number of hydrogen-bond donors (Lipinski definition) is 2. The van der Waals surface area contributed by atoms with Gasteiger partial charge in [0.05, 0.1) is 6.61 Å². The zero-order valence-electron chi connectivity index (χ0n) is 11.1. The summed E-state index contributed by atoms with van der Waals surface area (Å²) in [6.07, 6.45) is 6.92. The molecule has 3 N–H and O–H groups in total. The molecule has 1 aliphatic carbocycles. The number of carbonyl (C=O) groups is 1. The Morgan fingerprint density at radius 1 is 1.29 bits per heavy atom. The maximum absolute atomic E-state index is 11.4. The molecule has 0 spiro atoms. The van der Waals surface area contributed by atoms with Crippen molar-refractivity contribution in [3.63, 3.8) is 0 Å². The van der Waals surface area contributed by atoms with Crippen LogP contribution in [-0.2, 0) is 9.53 Å². The van der Waals surface area contributed by atoms with Crippen LogP contribution in [0.15, 0.2) is 0 Å². The molecule has 1 rings (SSSR count). The van der Waals surface area contributed by atoms with Gasteiger partial charge in [-0.05, 0) is 26.7 Å². The quantitative estimate of drug-likeness (QED) is 0.719. The highest BCUT2D eigenvalue weighted by atomic mass is 16.5. The third kappa shape index (κ3) is 6.03. The SMILES string of the molecule is CC(C)NC(=O)COCC1(N)CCCCCC1. The molecule has 100 valence electrons. The second-order valence-electron chi connectivity index (χ2n) is 5.49. The van der Waals surface area contributed by atoms with Crippen LogP contribution in [0.3, 0.4) is 0 Å². The van der Waals surface area contributed by atoms with Crippen LogP contribution in [0.25, 0.3) is 0 Å². The second-order valence-corrected chi connectivity index (χ2v) is 5.49. The number of nitrogens with two attached hydrogens (primary N) is 1. The molecule has 0 aromatic rings. The lowest BCUT2D eigenvalue weighted by molar-refractivity contribution is -0.126. The molecule has 0 aliphatic heterocycles. The summed E-state index contributed by atoms with van der Waals surface area (Å²) < 4.78 is 5.46.